The van der Waals surface area contributed by atoms with Gasteiger partial charge in [-0.25, -0.2) is 8.42 Å². The van der Waals surface area contributed by atoms with Gasteiger partial charge in [-0.3, -0.25) is 9.10 Å². The van der Waals surface area contributed by atoms with Crippen molar-refractivity contribution in [2.24, 2.45) is 0 Å². The van der Waals surface area contributed by atoms with Gasteiger partial charge in [-0.05, 0) is 36.8 Å². The molecule has 1 amide bonds. The molecule has 0 aliphatic heterocycles. The van der Waals surface area contributed by atoms with Crippen LogP contribution in [0.5, 0.6) is 0 Å². The summed E-state index contributed by atoms with van der Waals surface area (Å²) in [6.45, 7) is 2.00. The minimum atomic E-state index is -3.34. The number of anilines is 2. The zero-order valence-electron chi connectivity index (χ0n) is 13.9. The summed E-state index contributed by atoms with van der Waals surface area (Å²) in [5, 5.41) is 2.72. The molecule has 0 radical (unpaired) electrons. The van der Waals surface area contributed by atoms with Gasteiger partial charge >= 0.3 is 0 Å². The van der Waals surface area contributed by atoms with Crippen molar-refractivity contribution in [3.8, 4) is 0 Å². The van der Waals surface area contributed by atoms with Crippen molar-refractivity contribution in [3.05, 3.63) is 65.7 Å². The first-order chi connectivity index (χ1) is 11.3. The number of hydrogen-bond acceptors (Lipinski definition) is 3. The van der Waals surface area contributed by atoms with Gasteiger partial charge in [0.25, 0.3) is 0 Å². The zero-order chi connectivity index (χ0) is 17.7. The molecule has 0 saturated carbocycles. The summed E-state index contributed by atoms with van der Waals surface area (Å²) in [6, 6.07) is 14.5. The lowest BCUT2D eigenvalue weighted by atomic mass is 10.1. The third-order valence-corrected chi connectivity index (χ3v) is 4.69. The molecule has 0 bridgehead atoms. The molecular weight excluding hydrogens is 324 g/mol. The van der Waals surface area contributed by atoms with Crippen LogP contribution in [-0.2, 0) is 14.8 Å². The summed E-state index contributed by atoms with van der Waals surface area (Å²) in [4.78, 5) is 12.0. The SMILES string of the molecule is Cc1ccc(C=CC(=O)Nc2cccc(N(C)S(C)(=O)=O)c2)cc1. The first kappa shape index (κ1) is 17.7. The summed E-state index contributed by atoms with van der Waals surface area (Å²) in [5.74, 6) is -0.283. The molecule has 1 N–H and O–H groups in total. The standard InChI is InChI=1S/C18H20N2O3S/c1-14-7-9-15(10-8-14)11-12-18(21)19-16-5-4-6-17(13-16)20(2)24(3,22)23/h4-13H,1-3H3,(H,19,21). The van der Waals surface area contributed by atoms with Crippen molar-refractivity contribution in [3.63, 3.8) is 0 Å². The predicted octanol–water partition coefficient (Wildman–Crippen LogP) is 3.04. The van der Waals surface area contributed by atoms with Crippen molar-refractivity contribution in [2.75, 3.05) is 22.9 Å². The Morgan fingerprint density at radius 2 is 1.79 bits per heavy atom. The Morgan fingerprint density at radius 3 is 2.42 bits per heavy atom. The van der Waals surface area contributed by atoms with E-state index in [0.29, 0.717) is 11.4 Å². The monoisotopic (exact) mass is 344 g/mol. The van der Waals surface area contributed by atoms with E-state index in [9.17, 15) is 13.2 Å². The van der Waals surface area contributed by atoms with E-state index in [0.717, 1.165) is 21.7 Å². The number of nitrogens with one attached hydrogen (secondary N) is 1. The van der Waals surface area contributed by atoms with Crippen LogP contribution in [0.1, 0.15) is 11.1 Å². The lowest BCUT2D eigenvalue weighted by Gasteiger charge is -2.17. The van der Waals surface area contributed by atoms with Crippen molar-refractivity contribution in [2.45, 2.75) is 6.92 Å². The number of rotatable bonds is 5. The average Bonchev–Trinajstić information content (AvgIpc) is 2.53. The smallest absolute Gasteiger partial charge is 0.248 e. The maximum absolute atomic E-state index is 12.0. The second-order valence-electron chi connectivity index (χ2n) is 5.51. The number of benzene rings is 2. The maximum Gasteiger partial charge on any atom is 0.248 e. The largest absolute Gasteiger partial charge is 0.322 e. The lowest BCUT2D eigenvalue weighted by Crippen LogP contribution is -2.24. The molecule has 126 valence electrons. The Morgan fingerprint density at radius 1 is 1.12 bits per heavy atom. The van der Waals surface area contributed by atoms with Gasteiger partial charge in [-0.15, -0.1) is 0 Å². The van der Waals surface area contributed by atoms with Gasteiger partial charge in [0.2, 0.25) is 15.9 Å². The molecule has 6 heteroatoms. The number of hydrogen-bond donors (Lipinski definition) is 1. The summed E-state index contributed by atoms with van der Waals surface area (Å²) >= 11 is 0. The highest BCUT2D eigenvalue weighted by Crippen LogP contribution is 2.20. The van der Waals surface area contributed by atoms with E-state index in [1.54, 1.807) is 30.3 Å². The number of nitrogens with zero attached hydrogens (tertiary/aromatic N) is 1. The first-order valence-corrected chi connectivity index (χ1v) is 9.20. The lowest BCUT2D eigenvalue weighted by molar-refractivity contribution is -0.111. The number of amides is 1. The highest BCUT2D eigenvalue weighted by Gasteiger charge is 2.12. The molecule has 2 aromatic rings. The minimum absolute atomic E-state index is 0.283. The Labute approximate surface area is 142 Å². The van der Waals surface area contributed by atoms with Crippen molar-refractivity contribution >= 4 is 33.4 Å². The summed E-state index contributed by atoms with van der Waals surface area (Å²) in [7, 11) is -1.88. The molecule has 0 unspecified atom stereocenters. The van der Waals surface area contributed by atoms with E-state index in [-0.39, 0.29) is 5.91 Å². The van der Waals surface area contributed by atoms with E-state index in [2.05, 4.69) is 5.32 Å². The van der Waals surface area contributed by atoms with Gasteiger partial charge in [0.1, 0.15) is 0 Å². The molecule has 24 heavy (non-hydrogen) atoms. The van der Waals surface area contributed by atoms with Crippen LogP contribution in [0.3, 0.4) is 0 Å². The fraction of sp³-hybridized carbons (Fsp3) is 0.167. The summed E-state index contributed by atoms with van der Waals surface area (Å²) in [5.41, 5.74) is 3.10. The van der Waals surface area contributed by atoms with Crippen LogP contribution in [0.15, 0.2) is 54.6 Å². The van der Waals surface area contributed by atoms with Gasteiger partial charge < -0.3 is 5.32 Å². The Hall–Kier alpha value is -2.60. The van der Waals surface area contributed by atoms with Gasteiger partial charge in [-0.1, -0.05) is 35.9 Å². The number of aryl methyl sites for hydroxylation is 1. The fourth-order valence-corrected chi connectivity index (χ4v) is 2.50. The summed E-state index contributed by atoms with van der Waals surface area (Å²) < 4.78 is 24.3. The molecule has 5 nitrogen and oxygen atoms in total. The first-order valence-electron chi connectivity index (χ1n) is 7.35. The van der Waals surface area contributed by atoms with Crippen molar-refractivity contribution in [1.29, 1.82) is 0 Å². The van der Waals surface area contributed by atoms with E-state index in [1.807, 2.05) is 31.2 Å². The van der Waals surface area contributed by atoms with Crippen molar-refractivity contribution in [1.82, 2.24) is 0 Å². The quantitative estimate of drug-likeness (QED) is 0.848. The Bertz CT molecular complexity index is 856. The van der Waals surface area contributed by atoms with Crippen LogP contribution < -0.4 is 9.62 Å². The van der Waals surface area contributed by atoms with Gasteiger partial charge in [0.05, 0.1) is 11.9 Å². The maximum atomic E-state index is 12.0. The van der Waals surface area contributed by atoms with Gasteiger partial charge in [-0.2, -0.15) is 0 Å². The molecule has 0 saturated heterocycles. The van der Waals surface area contributed by atoms with Crippen LogP contribution in [0.2, 0.25) is 0 Å². The molecule has 0 heterocycles. The van der Waals surface area contributed by atoms with Crippen LogP contribution in [-0.4, -0.2) is 27.6 Å². The second-order valence-corrected chi connectivity index (χ2v) is 7.53. The van der Waals surface area contributed by atoms with Gasteiger partial charge in [0.15, 0.2) is 0 Å². The normalized spacial score (nSPS) is 11.5. The van der Waals surface area contributed by atoms with Crippen LogP contribution >= 0.6 is 0 Å². The highest BCUT2D eigenvalue weighted by molar-refractivity contribution is 7.92. The van der Waals surface area contributed by atoms with Crippen molar-refractivity contribution < 1.29 is 13.2 Å². The second kappa shape index (κ2) is 7.31. The number of carbonyl (C=O) groups excluding carboxylic acids is 1. The molecule has 0 fully saturated rings. The molecule has 0 aliphatic rings. The molecule has 0 spiro atoms. The predicted molar refractivity (Wildman–Crippen MR) is 98.5 cm³/mol. The molecule has 0 atom stereocenters. The average molecular weight is 344 g/mol. The minimum Gasteiger partial charge on any atom is -0.322 e. The van der Waals surface area contributed by atoms with Crippen LogP contribution in [0.4, 0.5) is 11.4 Å². The van der Waals surface area contributed by atoms with Crippen LogP contribution in [0.25, 0.3) is 6.08 Å². The highest BCUT2D eigenvalue weighted by atomic mass is 32.2. The Kier molecular flexibility index (Phi) is 5.41. The topological polar surface area (TPSA) is 66.5 Å². The third kappa shape index (κ3) is 4.96. The number of carbonyl (C=O) groups is 1. The molecular formula is C18H20N2O3S. The third-order valence-electron chi connectivity index (χ3n) is 3.48. The van der Waals surface area contributed by atoms with E-state index < -0.39 is 10.0 Å². The summed E-state index contributed by atoms with van der Waals surface area (Å²) in [6.07, 6.45) is 4.29. The fourth-order valence-electron chi connectivity index (χ4n) is 2.00. The molecule has 0 aliphatic carbocycles. The number of sulfonamides is 1. The zero-order valence-corrected chi connectivity index (χ0v) is 14.7. The van der Waals surface area contributed by atoms with E-state index in [4.69, 9.17) is 0 Å². The molecule has 2 aromatic carbocycles. The van der Waals surface area contributed by atoms with Crippen LogP contribution in [0, 0.1) is 6.92 Å². The van der Waals surface area contributed by atoms with Gasteiger partial charge in [0, 0.05) is 18.8 Å². The molecule has 2 rings (SSSR count). The Balaban J connectivity index is 2.08. The van der Waals surface area contributed by atoms with E-state index in [1.165, 1.54) is 13.1 Å². The molecule has 0 aromatic heterocycles. The van der Waals surface area contributed by atoms with E-state index >= 15 is 0 Å².